The second-order valence-electron chi connectivity index (χ2n) is 8.54. The van der Waals surface area contributed by atoms with Gasteiger partial charge in [0.2, 0.25) is 0 Å². The maximum absolute atomic E-state index is 11.2. The molecule has 0 aliphatic rings. The van der Waals surface area contributed by atoms with Crippen molar-refractivity contribution in [2.45, 2.75) is 73.6 Å². The van der Waals surface area contributed by atoms with Crippen molar-refractivity contribution in [3.8, 4) is 0 Å². The van der Waals surface area contributed by atoms with E-state index in [1.54, 1.807) is 24.3 Å². The molecule has 1 atom stereocenters. The molecule has 7 heteroatoms. The lowest BCUT2D eigenvalue weighted by Crippen LogP contribution is -2.26. The third kappa shape index (κ3) is 5.29. The average Bonchev–Trinajstić information content (AvgIpc) is 2.92. The lowest BCUT2D eigenvalue weighted by atomic mass is 10.1. The SMILES string of the molecule is Cc1c(N=c2scc([C@@H](C)OC(C)(C)C)n2CC(C)C)ccc([N+](=O)[O-])c1C. The summed E-state index contributed by atoms with van der Waals surface area (Å²) in [5.74, 6) is 0.453. The number of rotatable bonds is 6. The number of hydrogen-bond donors (Lipinski definition) is 0. The van der Waals surface area contributed by atoms with Crippen LogP contribution < -0.4 is 4.80 Å². The van der Waals surface area contributed by atoms with Gasteiger partial charge in [-0.05, 0) is 59.1 Å². The molecular weight excluding hydrogens is 374 g/mol. The molecular formula is C21H31N3O3S. The summed E-state index contributed by atoms with van der Waals surface area (Å²) >= 11 is 1.57. The molecule has 154 valence electrons. The fourth-order valence-electron chi connectivity index (χ4n) is 3.11. The van der Waals surface area contributed by atoms with Gasteiger partial charge in [-0.2, -0.15) is 0 Å². The molecule has 2 rings (SSSR count). The van der Waals surface area contributed by atoms with E-state index >= 15 is 0 Å². The Morgan fingerprint density at radius 3 is 2.39 bits per heavy atom. The zero-order chi connectivity index (χ0) is 21.2. The van der Waals surface area contributed by atoms with Crippen LogP contribution in [0.1, 0.15) is 64.5 Å². The Labute approximate surface area is 171 Å². The second kappa shape index (κ2) is 8.57. The van der Waals surface area contributed by atoms with Gasteiger partial charge in [0.15, 0.2) is 4.80 Å². The van der Waals surface area contributed by atoms with Crippen molar-refractivity contribution in [1.82, 2.24) is 4.57 Å². The summed E-state index contributed by atoms with van der Waals surface area (Å²) in [4.78, 5) is 16.6. The summed E-state index contributed by atoms with van der Waals surface area (Å²) < 4.78 is 8.37. The molecule has 0 aliphatic carbocycles. The molecule has 0 saturated heterocycles. The molecule has 1 heterocycles. The number of ether oxygens (including phenoxy) is 1. The molecule has 2 aromatic rings. The van der Waals surface area contributed by atoms with E-state index in [-0.39, 0.29) is 22.3 Å². The van der Waals surface area contributed by atoms with Crippen molar-refractivity contribution >= 4 is 22.7 Å². The first-order chi connectivity index (χ1) is 12.9. The third-order valence-electron chi connectivity index (χ3n) is 4.47. The summed E-state index contributed by atoms with van der Waals surface area (Å²) in [5.41, 5.74) is 3.25. The summed E-state index contributed by atoms with van der Waals surface area (Å²) in [6.45, 7) is 17.1. The van der Waals surface area contributed by atoms with Crippen molar-refractivity contribution in [2.24, 2.45) is 10.9 Å². The van der Waals surface area contributed by atoms with E-state index in [2.05, 4.69) is 51.5 Å². The Hall–Kier alpha value is -1.99. The van der Waals surface area contributed by atoms with Crippen LogP contribution >= 0.6 is 11.3 Å². The largest absolute Gasteiger partial charge is 0.367 e. The Morgan fingerprint density at radius 1 is 1.21 bits per heavy atom. The zero-order valence-electron chi connectivity index (χ0n) is 18.1. The van der Waals surface area contributed by atoms with Gasteiger partial charge in [0.25, 0.3) is 5.69 Å². The monoisotopic (exact) mass is 405 g/mol. The summed E-state index contributed by atoms with van der Waals surface area (Å²) in [5, 5.41) is 13.3. The average molecular weight is 406 g/mol. The van der Waals surface area contributed by atoms with Crippen molar-refractivity contribution in [3.05, 3.63) is 49.2 Å². The topological polar surface area (TPSA) is 69.7 Å². The molecule has 0 unspecified atom stereocenters. The first-order valence-corrected chi connectivity index (χ1v) is 10.4. The van der Waals surface area contributed by atoms with Crippen LogP contribution in [0.2, 0.25) is 0 Å². The molecule has 1 aromatic carbocycles. The van der Waals surface area contributed by atoms with E-state index in [0.29, 0.717) is 11.5 Å². The standard InChI is InChI=1S/C21H31N3O3S/c1-13(2)11-23-19(16(5)27-21(6,7)8)12-28-20(23)22-17-9-10-18(24(25)26)15(4)14(17)3/h9-10,12-13,16H,11H2,1-8H3/t16-/m1/s1. The van der Waals surface area contributed by atoms with Crippen molar-refractivity contribution in [1.29, 1.82) is 0 Å². The highest BCUT2D eigenvalue weighted by Crippen LogP contribution is 2.29. The smallest absolute Gasteiger partial charge is 0.272 e. The maximum atomic E-state index is 11.2. The normalized spacial score (nSPS) is 14.0. The highest BCUT2D eigenvalue weighted by molar-refractivity contribution is 7.07. The number of benzene rings is 1. The van der Waals surface area contributed by atoms with Gasteiger partial charge < -0.3 is 9.30 Å². The minimum Gasteiger partial charge on any atom is -0.367 e. The first kappa shape index (κ1) is 22.3. The van der Waals surface area contributed by atoms with Gasteiger partial charge in [0.1, 0.15) is 0 Å². The van der Waals surface area contributed by atoms with Crippen LogP contribution in [0, 0.1) is 29.9 Å². The first-order valence-electron chi connectivity index (χ1n) is 9.56. The minimum atomic E-state index is -0.347. The highest BCUT2D eigenvalue weighted by Gasteiger charge is 2.21. The number of nitrogens with zero attached hydrogens (tertiary/aromatic N) is 3. The lowest BCUT2D eigenvalue weighted by molar-refractivity contribution is -0.385. The molecule has 0 aliphatic heterocycles. The van der Waals surface area contributed by atoms with E-state index in [9.17, 15) is 10.1 Å². The Bertz CT molecular complexity index is 920. The van der Waals surface area contributed by atoms with E-state index in [1.807, 2.05) is 6.92 Å². The lowest BCUT2D eigenvalue weighted by Gasteiger charge is -2.26. The molecule has 0 spiro atoms. The van der Waals surface area contributed by atoms with E-state index < -0.39 is 0 Å². The Morgan fingerprint density at radius 2 is 1.86 bits per heavy atom. The van der Waals surface area contributed by atoms with Crippen LogP contribution in [0.15, 0.2) is 22.5 Å². The quantitative estimate of drug-likeness (QED) is 0.448. The molecule has 6 nitrogen and oxygen atoms in total. The van der Waals surface area contributed by atoms with Crippen LogP contribution in [-0.2, 0) is 11.3 Å². The maximum Gasteiger partial charge on any atom is 0.272 e. The highest BCUT2D eigenvalue weighted by atomic mass is 32.1. The number of aromatic nitrogens is 1. The van der Waals surface area contributed by atoms with E-state index in [1.165, 1.54) is 6.07 Å². The van der Waals surface area contributed by atoms with Crippen LogP contribution in [0.5, 0.6) is 0 Å². The van der Waals surface area contributed by atoms with E-state index in [0.717, 1.165) is 28.3 Å². The Kier molecular flexibility index (Phi) is 6.83. The van der Waals surface area contributed by atoms with Gasteiger partial charge >= 0.3 is 0 Å². The van der Waals surface area contributed by atoms with Gasteiger partial charge in [-0.1, -0.05) is 13.8 Å². The number of nitro groups is 1. The fourth-order valence-corrected chi connectivity index (χ4v) is 4.11. The van der Waals surface area contributed by atoms with Gasteiger partial charge in [-0.25, -0.2) is 4.99 Å². The molecule has 0 amide bonds. The molecule has 0 radical (unpaired) electrons. The van der Waals surface area contributed by atoms with Crippen molar-refractivity contribution in [2.75, 3.05) is 0 Å². The molecule has 0 saturated carbocycles. The number of nitro benzene ring substituents is 1. The minimum absolute atomic E-state index is 0.0568. The van der Waals surface area contributed by atoms with Gasteiger partial charge in [-0.15, -0.1) is 11.3 Å². The van der Waals surface area contributed by atoms with Crippen LogP contribution in [0.25, 0.3) is 0 Å². The van der Waals surface area contributed by atoms with Crippen molar-refractivity contribution < 1.29 is 9.66 Å². The van der Waals surface area contributed by atoms with Crippen LogP contribution in [0.3, 0.4) is 0 Å². The second-order valence-corrected chi connectivity index (χ2v) is 9.38. The molecule has 28 heavy (non-hydrogen) atoms. The van der Waals surface area contributed by atoms with Gasteiger partial charge in [0.05, 0.1) is 28.0 Å². The predicted molar refractivity (Wildman–Crippen MR) is 114 cm³/mol. The number of hydrogen-bond acceptors (Lipinski definition) is 5. The Balaban J connectivity index is 2.57. The molecule has 1 aromatic heterocycles. The molecule has 0 bridgehead atoms. The van der Waals surface area contributed by atoms with Crippen LogP contribution in [-0.4, -0.2) is 15.1 Å². The summed E-state index contributed by atoms with van der Waals surface area (Å²) in [6, 6.07) is 3.27. The summed E-state index contributed by atoms with van der Waals surface area (Å²) in [6.07, 6.45) is -0.0568. The fraction of sp³-hybridized carbons (Fsp3) is 0.571. The van der Waals surface area contributed by atoms with Crippen molar-refractivity contribution in [3.63, 3.8) is 0 Å². The third-order valence-corrected chi connectivity index (χ3v) is 5.35. The van der Waals surface area contributed by atoms with E-state index in [4.69, 9.17) is 9.73 Å². The number of thiazole rings is 1. The molecule has 0 N–H and O–H groups in total. The molecule has 0 fully saturated rings. The predicted octanol–water partition coefficient (Wildman–Crippen LogP) is 5.84. The van der Waals surface area contributed by atoms with Gasteiger partial charge in [0, 0.05) is 23.6 Å². The van der Waals surface area contributed by atoms with Crippen LogP contribution in [0.4, 0.5) is 11.4 Å². The summed E-state index contributed by atoms with van der Waals surface area (Å²) in [7, 11) is 0. The zero-order valence-corrected chi connectivity index (χ0v) is 18.9. The van der Waals surface area contributed by atoms with Gasteiger partial charge in [-0.3, -0.25) is 10.1 Å².